The molecule has 88 valence electrons. The number of nitrogens with zero attached hydrogens (tertiary/aromatic N) is 1. The van der Waals surface area contributed by atoms with Crippen LogP contribution in [-0.4, -0.2) is 16.6 Å². The summed E-state index contributed by atoms with van der Waals surface area (Å²) in [6.07, 6.45) is 3.66. The Morgan fingerprint density at radius 1 is 1.44 bits per heavy atom. The summed E-state index contributed by atoms with van der Waals surface area (Å²) in [6, 6.07) is 2.01. The fraction of sp³-hybridized carbons (Fsp3) is 0.500. The topological polar surface area (TPSA) is 37.0 Å². The zero-order valence-electron chi connectivity index (χ0n) is 10.1. The molecule has 0 spiro atoms. The molecule has 0 radical (unpaired) electrons. The van der Waals surface area contributed by atoms with Crippen LogP contribution in [0.5, 0.6) is 0 Å². The highest BCUT2D eigenvalue weighted by molar-refractivity contribution is 7.80. The number of hydrogen-bond donors (Lipinski definition) is 2. The third kappa shape index (κ3) is 4.57. The van der Waals surface area contributed by atoms with Gasteiger partial charge in [-0.2, -0.15) is 0 Å². The summed E-state index contributed by atoms with van der Waals surface area (Å²) < 4.78 is 0. The zero-order chi connectivity index (χ0) is 12.0. The van der Waals surface area contributed by atoms with Crippen LogP contribution in [0.2, 0.25) is 0 Å². The molecule has 3 nitrogen and oxygen atoms in total. The normalized spacial score (nSPS) is 10.2. The quantitative estimate of drug-likeness (QED) is 0.786. The van der Waals surface area contributed by atoms with Gasteiger partial charge in [-0.05, 0) is 42.3 Å². The summed E-state index contributed by atoms with van der Waals surface area (Å²) >= 11 is 5.18. The van der Waals surface area contributed by atoms with Gasteiger partial charge in [-0.3, -0.25) is 4.98 Å². The molecule has 2 N–H and O–H groups in total. The minimum absolute atomic E-state index is 0.599. The molecular formula is C12H19N3S. The smallest absolute Gasteiger partial charge is 0.166 e. The second-order valence-corrected chi connectivity index (χ2v) is 4.67. The van der Waals surface area contributed by atoms with Gasteiger partial charge in [0, 0.05) is 25.5 Å². The highest BCUT2D eigenvalue weighted by atomic mass is 32.1. The van der Waals surface area contributed by atoms with E-state index in [1.807, 2.05) is 12.3 Å². The molecule has 0 aliphatic carbocycles. The van der Waals surface area contributed by atoms with Crippen molar-refractivity contribution < 1.29 is 0 Å². The molecule has 0 atom stereocenters. The molecule has 1 aromatic rings. The van der Waals surface area contributed by atoms with Crippen LogP contribution in [0.15, 0.2) is 18.5 Å². The molecule has 1 aromatic heterocycles. The molecule has 0 bridgehead atoms. The molecule has 1 rings (SSSR count). The van der Waals surface area contributed by atoms with Crippen molar-refractivity contribution >= 4 is 17.3 Å². The van der Waals surface area contributed by atoms with Crippen molar-refractivity contribution in [3.05, 3.63) is 29.6 Å². The van der Waals surface area contributed by atoms with Crippen molar-refractivity contribution in [2.45, 2.75) is 27.3 Å². The highest BCUT2D eigenvalue weighted by Crippen LogP contribution is 2.03. The number of aromatic nitrogens is 1. The van der Waals surface area contributed by atoms with Gasteiger partial charge in [-0.1, -0.05) is 13.8 Å². The van der Waals surface area contributed by atoms with Gasteiger partial charge in [0.25, 0.3) is 0 Å². The van der Waals surface area contributed by atoms with Crippen LogP contribution in [0.4, 0.5) is 0 Å². The van der Waals surface area contributed by atoms with Crippen molar-refractivity contribution in [3.8, 4) is 0 Å². The molecule has 0 fully saturated rings. The van der Waals surface area contributed by atoms with E-state index in [2.05, 4.69) is 36.4 Å². The van der Waals surface area contributed by atoms with Gasteiger partial charge in [0.2, 0.25) is 0 Å². The predicted octanol–water partition coefficient (Wildman–Crippen LogP) is 2.01. The summed E-state index contributed by atoms with van der Waals surface area (Å²) in [5.74, 6) is 0.599. The van der Waals surface area contributed by atoms with Crippen molar-refractivity contribution in [2.24, 2.45) is 5.92 Å². The second-order valence-electron chi connectivity index (χ2n) is 4.26. The number of aryl methyl sites for hydroxylation is 1. The van der Waals surface area contributed by atoms with Crippen LogP contribution in [0, 0.1) is 12.8 Å². The maximum atomic E-state index is 5.18. The lowest BCUT2D eigenvalue weighted by atomic mass is 10.1. The van der Waals surface area contributed by atoms with Crippen LogP contribution in [-0.2, 0) is 6.54 Å². The van der Waals surface area contributed by atoms with Crippen molar-refractivity contribution in [2.75, 3.05) is 6.54 Å². The maximum absolute atomic E-state index is 5.18. The minimum Gasteiger partial charge on any atom is -0.362 e. The number of nitrogens with one attached hydrogen (secondary N) is 2. The molecule has 0 aliphatic heterocycles. The van der Waals surface area contributed by atoms with E-state index in [0.717, 1.165) is 13.1 Å². The minimum atomic E-state index is 0.599. The largest absolute Gasteiger partial charge is 0.362 e. The van der Waals surface area contributed by atoms with Crippen molar-refractivity contribution in [3.63, 3.8) is 0 Å². The van der Waals surface area contributed by atoms with Gasteiger partial charge in [-0.15, -0.1) is 0 Å². The number of hydrogen-bond acceptors (Lipinski definition) is 2. The first kappa shape index (κ1) is 12.9. The van der Waals surface area contributed by atoms with Crippen LogP contribution in [0.1, 0.15) is 25.0 Å². The Labute approximate surface area is 103 Å². The molecule has 16 heavy (non-hydrogen) atoms. The molecule has 0 aliphatic rings. The van der Waals surface area contributed by atoms with E-state index in [9.17, 15) is 0 Å². The van der Waals surface area contributed by atoms with E-state index < -0.39 is 0 Å². The van der Waals surface area contributed by atoms with Crippen LogP contribution < -0.4 is 10.6 Å². The monoisotopic (exact) mass is 237 g/mol. The fourth-order valence-corrected chi connectivity index (χ4v) is 1.39. The number of pyridine rings is 1. The molecule has 0 amide bonds. The number of thiocarbonyl (C=S) groups is 1. The lowest BCUT2D eigenvalue weighted by Gasteiger charge is -2.12. The fourth-order valence-electron chi connectivity index (χ4n) is 1.24. The third-order valence-electron chi connectivity index (χ3n) is 2.25. The number of rotatable bonds is 4. The summed E-state index contributed by atoms with van der Waals surface area (Å²) in [5, 5.41) is 7.08. The first-order valence-electron chi connectivity index (χ1n) is 5.50. The van der Waals surface area contributed by atoms with Gasteiger partial charge in [0.15, 0.2) is 5.11 Å². The molecule has 0 saturated heterocycles. The molecule has 4 heteroatoms. The summed E-state index contributed by atoms with van der Waals surface area (Å²) in [6.45, 7) is 8.01. The maximum Gasteiger partial charge on any atom is 0.166 e. The van der Waals surface area contributed by atoms with Gasteiger partial charge >= 0.3 is 0 Å². The first-order valence-corrected chi connectivity index (χ1v) is 5.91. The van der Waals surface area contributed by atoms with Crippen molar-refractivity contribution in [1.82, 2.24) is 15.6 Å². The Balaban J connectivity index is 2.35. The van der Waals surface area contributed by atoms with Gasteiger partial charge in [-0.25, -0.2) is 0 Å². The highest BCUT2D eigenvalue weighted by Gasteiger charge is 2.00. The van der Waals surface area contributed by atoms with Gasteiger partial charge in [0.1, 0.15) is 0 Å². The Kier molecular flexibility index (Phi) is 5.19. The van der Waals surface area contributed by atoms with E-state index in [1.54, 1.807) is 6.20 Å². The van der Waals surface area contributed by atoms with E-state index >= 15 is 0 Å². The van der Waals surface area contributed by atoms with E-state index in [-0.39, 0.29) is 0 Å². The average molecular weight is 237 g/mol. The Morgan fingerprint density at radius 3 is 2.81 bits per heavy atom. The van der Waals surface area contributed by atoms with Gasteiger partial charge < -0.3 is 10.6 Å². The predicted molar refractivity (Wildman–Crippen MR) is 71.3 cm³/mol. The average Bonchev–Trinajstić information content (AvgIpc) is 2.25. The molecular weight excluding hydrogens is 218 g/mol. The molecule has 0 saturated carbocycles. The summed E-state index contributed by atoms with van der Waals surface area (Å²) in [5.41, 5.74) is 2.41. The molecule has 0 aromatic carbocycles. The second kappa shape index (κ2) is 6.43. The molecule has 0 unspecified atom stereocenters. The van der Waals surface area contributed by atoms with E-state index in [1.165, 1.54) is 11.1 Å². The van der Waals surface area contributed by atoms with Crippen LogP contribution >= 0.6 is 12.2 Å². The van der Waals surface area contributed by atoms with Crippen LogP contribution in [0.25, 0.3) is 0 Å². The first-order chi connectivity index (χ1) is 7.59. The zero-order valence-corrected chi connectivity index (χ0v) is 10.9. The van der Waals surface area contributed by atoms with Crippen molar-refractivity contribution in [1.29, 1.82) is 0 Å². The lowest BCUT2D eigenvalue weighted by Crippen LogP contribution is -2.36. The SMILES string of the molecule is Cc1cnccc1CNC(=S)NCC(C)C. The Bertz CT molecular complexity index is 350. The van der Waals surface area contributed by atoms with Gasteiger partial charge in [0.05, 0.1) is 0 Å². The van der Waals surface area contributed by atoms with Crippen LogP contribution in [0.3, 0.4) is 0 Å². The Hall–Kier alpha value is -1.16. The molecule has 1 heterocycles. The Morgan fingerprint density at radius 2 is 2.19 bits per heavy atom. The lowest BCUT2D eigenvalue weighted by molar-refractivity contribution is 0.619. The standard InChI is InChI=1S/C12H19N3S/c1-9(2)6-14-12(16)15-8-11-4-5-13-7-10(11)3/h4-5,7,9H,6,8H2,1-3H3,(H2,14,15,16). The van der Waals surface area contributed by atoms with E-state index in [4.69, 9.17) is 12.2 Å². The summed E-state index contributed by atoms with van der Waals surface area (Å²) in [4.78, 5) is 4.06. The van der Waals surface area contributed by atoms with E-state index in [0.29, 0.717) is 11.0 Å². The summed E-state index contributed by atoms with van der Waals surface area (Å²) in [7, 11) is 0. The third-order valence-corrected chi connectivity index (χ3v) is 2.54.